The van der Waals surface area contributed by atoms with Crippen molar-refractivity contribution < 1.29 is 4.79 Å². The molecule has 0 radical (unpaired) electrons. The lowest BCUT2D eigenvalue weighted by Gasteiger charge is -2.11. The predicted molar refractivity (Wildman–Crippen MR) is 58.4 cm³/mol. The topological polar surface area (TPSA) is 59.2 Å². The Morgan fingerprint density at radius 2 is 2.21 bits per heavy atom. The summed E-state index contributed by atoms with van der Waals surface area (Å²) in [4.78, 5) is 18.0. The van der Waals surface area contributed by atoms with Gasteiger partial charge in [0.2, 0.25) is 0 Å². The van der Waals surface area contributed by atoms with Crippen molar-refractivity contribution in [2.24, 2.45) is 0 Å². The van der Waals surface area contributed by atoms with E-state index in [1.807, 2.05) is 6.26 Å². The molecular weight excluding hydrogens is 198 g/mol. The fraction of sp³-hybridized carbons (Fsp3) is 0.333. The van der Waals surface area contributed by atoms with Crippen molar-refractivity contribution in [2.45, 2.75) is 4.90 Å². The van der Waals surface area contributed by atoms with Crippen LogP contribution in [-0.2, 0) is 0 Å². The SMILES string of the molecule is CSc1cnc(C(=O)N(C)C)c(N)c1. The summed E-state index contributed by atoms with van der Waals surface area (Å²) in [6, 6.07) is 1.76. The normalized spacial score (nSPS) is 9.93. The van der Waals surface area contributed by atoms with Crippen LogP contribution in [0.1, 0.15) is 10.5 Å². The molecule has 0 aliphatic rings. The molecule has 1 amide bonds. The molecule has 0 atom stereocenters. The highest BCUT2D eigenvalue weighted by molar-refractivity contribution is 7.98. The van der Waals surface area contributed by atoms with Crippen molar-refractivity contribution in [2.75, 3.05) is 26.1 Å². The predicted octanol–water partition coefficient (Wildman–Crippen LogP) is 1.09. The Bertz CT molecular complexity index is 352. The van der Waals surface area contributed by atoms with E-state index in [9.17, 15) is 4.79 Å². The Balaban J connectivity index is 3.06. The molecule has 0 spiro atoms. The summed E-state index contributed by atoms with van der Waals surface area (Å²) >= 11 is 1.54. The van der Waals surface area contributed by atoms with Gasteiger partial charge in [0.15, 0.2) is 5.69 Å². The zero-order valence-corrected chi connectivity index (χ0v) is 9.26. The van der Waals surface area contributed by atoms with E-state index in [-0.39, 0.29) is 5.91 Å². The molecule has 0 saturated heterocycles. The van der Waals surface area contributed by atoms with E-state index in [0.717, 1.165) is 4.90 Å². The first-order valence-electron chi connectivity index (χ1n) is 4.07. The summed E-state index contributed by atoms with van der Waals surface area (Å²) in [6.45, 7) is 0. The Labute approximate surface area is 87.5 Å². The highest BCUT2D eigenvalue weighted by Crippen LogP contribution is 2.19. The van der Waals surface area contributed by atoms with Gasteiger partial charge in [0.05, 0.1) is 5.69 Å². The van der Waals surface area contributed by atoms with Crippen LogP contribution in [0.25, 0.3) is 0 Å². The molecule has 0 saturated carbocycles. The summed E-state index contributed by atoms with van der Waals surface area (Å²) in [6.07, 6.45) is 3.58. The van der Waals surface area contributed by atoms with Gasteiger partial charge in [-0.3, -0.25) is 4.79 Å². The number of carbonyl (C=O) groups is 1. The van der Waals surface area contributed by atoms with Crippen LogP contribution in [0.2, 0.25) is 0 Å². The standard InChI is InChI=1S/C9H13N3OS/c1-12(2)9(13)8-7(10)4-6(14-3)5-11-8/h4-5H,10H2,1-3H3. The first-order chi connectivity index (χ1) is 6.56. The van der Waals surface area contributed by atoms with E-state index in [0.29, 0.717) is 11.4 Å². The lowest BCUT2D eigenvalue weighted by atomic mass is 10.3. The number of hydrogen-bond donors (Lipinski definition) is 1. The number of carbonyl (C=O) groups excluding carboxylic acids is 1. The monoisotopic (exact) mass is 211 g/mol. The molecule has 14 heavy (non-hydrogen) atoms. The summed E-state index contributed by atoms with van der Waals surface area (Å²) in [5.41, 5.74) is 6.45. The average Bonchev–Trinajstić information content (AvgIpc) is 2.16. The number of hydrogen-bond acceptors (Lipinski definition) is 4. The van der Waals surface area contributed by atoms with Crippen LogP contribution in [0, 0.1) is 0 Å². The number of amides is 1. The van der Waals surface area contributed by atoms with Gasteiger partial charge in [0.25, 0.3) is 5.91 Å². The van der Waals surface area contributed by atoms with E-state index in [4.69, 9.17) is 5.73 Å². The second-order valence-corrected chi connectivity index (χ2v) is 3.89. The van der Waals surface area contributed by atoms with Crippen molar-refractivity contribution in [3.8, 4) is 0 Å². The van der Waals surface area contributed by atoms with Gasteiger partial charge in [-0.25, -0.2) is 4.98 Å². The summed E-state index contributed by atoms with van der Waals surface area (Å²) in [5.74, 6) is -0.171. The number of aromatic nitrogens is 1. The molecule has 1 heterocycles. The van der Waals surface area contributed by atoms with Crippen molar-refractivity contribution in [3.63, 3.8) is 0 Å². The molecule has 0 fully saturated rings. The van der Waals surface area contributed by atoms with Gasteiger partial charge in [-0.05, 0) is 12.3 Å². The second-order valence-electron chi connectivity index (χ2n) is 3.01. The van der Waals surface area contributed by atoms with Crippen molar-refractivity contribution in [3.05, 3.63) is 18.0 Å². The van der Waals surface area contributed by atoms with Crippen LogP contribution in [0.3, 0.4) is 0 Å². The fourth-order valence-corrected chi connectivity index (χ4v) is 1.37. The molecule has 0 aliphatic heterocycles. The minimum Gasteiger partial charge on any atom is -0.397 e. The number of anilines is 1. The van der Waals surface area contributed by atoms with Crippen LogP contribution in [0.5, 0.6) is 0 Å². The third kappa shape index (κ3) is 2.17. The Morgan fingerprint density at radius 3 is 2.64 bits per heavy atom. The summed E-state index contributed by atoms with van der Waals surface area (Å²) < 4.78 is 0. The Hall–Kier alpha value is -1.23. The van der Waals surface area contributed by atoms with Crippen molar-refractivity contribution in [1.82, 2.24) is 9.88 Å². The van der Waals surface area contributed by atoms with Gasteiger partial charge in [0, 0.05) is 25.2 Å². The largest absolute Gasteiger partial charge is 0.397 e. The van der Waals surface area contributed by atoms with E-state index >= 15 is 0 Å². The molecule has 1 aromatic heterocycles. The maximum Gasteiger partial charge on any atom is 0.274 e. The van der Waals surface area contributed by atoms with E-state index in [2.05, 4.69) is 4.98 Å². The molecule has 76 valence electrons. The number of nitrogens with zero attached hydrogens (tertiary/aromatic N) is 2. The molecule has 0 aliphatic carbocycles. The zero-order chi connectivity index (χ0) is 10.7. The number of nitrogens with two attached hydrogens (primary N) is 1. The van der Waals surface area contributed by atoms with E-state index in [1.165, 1.54) is 4.90 Å². The molecule has 4 nitrogen and oxygen atoms in total. The second kappa shape index (κ2) is 4.32. The minimum atomic E-state index is -0.171. The zero-order valence-electron chi connectivity index (χ0n) is 8.44. The van der Waals surface area contributed by atoms with Crippen LogP contribution in [0.4, 0.5) is 5.69 Å². The highest BCUT2D eigenvalue weighted by Gasteiger charge is 2.13. The lowest BCUT2D eigenvalue weighted by Crippen LogP contribution is -2.23. The van der Waals surface area contributed by atoms with Crippen LogP contribution >= 0.6 is 11.8 Å². The van der Waals surface area contributed by atoms with Gasteiger partial charge < -0.3 is 10.6 Å². The van der Waals surface area contributed by atoms with Gasteiger partial charge in [-0.2, -0.15) is 0 Å². The van der Waals surface area contributed by atoms with E-state index < -0.39 is 0 Å². The number of pyridine rings is 1. The van der Waals surface area contributed by atoms with Gasteiger partial charge in [0.1, 0.15) is 0 Å². The highest BCUT2D eigenvalue weighted by atomic mass is 32.2. The van der Waals surface area contributed by atoms with Crippen LogP contribution in [0.15, 0.2) is 17.2 Å². The molecule has 2 N–H and O–H groups in total. The molecule has 1 aromatic rings. The average molecular weight is 211 g/mol. The number of rotatable bonds is 2. The first-order valence-corrected chi connectivity index (χ1v) is 5.30. The Kier molecular flexibility index (Phi) is 3.35. The summed E-state index contributed by atoms with van der Waals surface area (Å²) in [7, 11) is 3.35. The molecular formula is C9H13N3OS. The molecule has 0 aromatic carbocycles. The van der Waals surface area contributed by atoms with Gasteiger partial charge in [-0.1, -0.05) is 0 Å². The lowest BCUT2D eigenvalue weighted by molar-refractivity contribution is 0.0823. The number of nitrogen functional groups attached to an aromatic ring is 1. The Morgan fingerprint density at radius 1 is 1.57 bits per heavy atom. The summed E-state index contributed by atoms with van der Waals surface area (Å²) in [5, 5.41) is 0. The molecule has 0 unspecified atom stereocenters. The molecule has 5 heteroatoms. The van der Waals surface area contributed by atoms with Crippen molar-refractivity contribution in [1.29, 1.82) is 0 Å². The van der Waals surface area contributed by atoms with E-state index in [1.54, 1.807) is 38.1 Å². The number of thioether (sulfide) groups is 1. The smallest absolute Gasteiger partial charge is 0.274 e. The van der Waals surface area contributed by atoms with Crippen molar-refractivity contribution >= 4 is 23.4 Å². The molecule has 1 rings (SSSR count). The van der Waals surface area contributed by atoms with Crippen LogP contribution < -0.4 is 5.73 Å². The van der Waals surface area contributed by atoms with Gasteiger partial charge in [-0.15, -0.1) is 11.8 Å². The third-order valence-corrected chi connectivity index (χ3v) is 2.43. The molecule has 0 bridgehead atoms. The third-order valence-electron chi connectivity index (χ3n) is 1.74. The van der Waals surface area contributed by atoms with Crippen LogP contribution in [-0.4, -0.2) is 36.1 Å². The maximum atomic E-state index is 11.5. The van der Waals surface area contributed by atoms with Gasteiger partial charge >= 0.3 is 0 Å². The fourth-order valence-electron chi connectivity index (χ4n) is 0.964. The quantitative estimate of drug-likeness (QED) is 0.744. The maximum absolute atomic E-state index is 11.5. The first kappa shape index (κ1) is 10.8. The minimum absolute atomic E-state index is 0.171.